The minimum absolute atomic E-state index is 0.191. The van der Waals surface area contributed by atoms with Crippen LogP contribution in [0.3, 0.4) is 0 Å². The van der Waals surface area contributed by atoms with Crippen molar-refractivity contribution in [2.75, 3.05) is 0 Å². The quantitative estimate of drug-likeness (QED) is 0.772. The summed E-state index contributed by atoms with van der Waals surface area (Å²) < 4.78 is 11.7. The zero-order valence-electron chi connectivity index (χ0n) is 11.1. The molecule has 1 fully saturated rings. The first-order valence-corrected chi connectivity index (χ1v) is 5.85. The molecule has 1 amide bonds. The summed E-state index contributed by atoms with van der Waals surface area (Å²) in [6.07, 6.45) is 1.52. The summed E-state index contributed by atoms with van der Waals surface area (Å²) in [4.78, 5) is 15.3. The van der Waals surface area contributed by atoms with Gasteiger partial charge in [-0.25, -0.2) is 0 Å². The summed E-state index contributed by atoms with van der Waals surface area (Å²) in [6.45, 7) is 7.81. The second kappa shape index (κ2) is 4.07. The lowest BCUT2D eigenvalue weighted by Gasteiger charge is -2.32. The molecular weight excluding hydrogens is 231 g/mol. The van der Waals surface area contributed by atoms with Gasteiger partial charge in [-0.3, -0.25) is 9.78 Å². The van der Waals surface area contributed by atoms with Gasteiger partial charge < -0.3 is 15.0 Å². The predicted molar refractivity (Wildman–Crippen MR) is 68.5 cm³/mol. The molecule has 2 heterocycles. The summed E-state index contributed by atoms with van der Waals surface area (Å²) in [5.41, 5.74) is 5.16. The largest absolute Gasteiger partial charge is 0.497 e. The van der Waals surface area contributed by atoms with Gasteiger partial charge in [-0.15, -0.1) is 0 Å². The lowest BCUT2D eigenvalue weighted by atomic mass is 9.77. The Hall–Kier alpha value is -1.40. The highest BCUT2D eigenvalue weighted by atomic mass is 16.7. The molecule has 1 saturated heterocycles. The molecule has 1 aromatic rings. The van der Waals surface area contributed by atoms with Crippen LogP contribution in [0, 0.1) is 0 Å². The molecule has 0 unspecified atom stereocenters. The number of nitrogens with two attached hydrogens (primary N) is 1. The van der Waals surface area contributed by atoms with E-state index in [4.69, 9.17) is 15.0 Å². The van der Waals surface area contributed by atoms with Crippen LogP contribution in [0.1, 0.15) is 38.2 Å². The molecule has 6 heteroatoms. The number of carbonyl (C=O) groups excluding carboxylic acids is 1. The van der Waals surface area contributed by atoms with Crippen LogP contribution < -0.4 is 11.2 Å². The van der Waals surface area contributed by atoms with E-state index in [0.29, 0.717) is 5.46 Å². The lowest BCUT2D eigenvalue weighted by molar-refractivity contribution is 0.00578. The van der Waals surface area contributed by atoms with Crippen LogP contribution in [0.2, 0.25) is 0 Å². The van der Waals surface area contributed by atoms with Gasteiger partial charge in [0.1, 0.15) is 5.69 Å². The molecule has 1 aliphatic rings. The molecule has 18 heavy (non-hydrogen) atoms. The topological polar surface area (TPSA) is 74.4 Å². The number of nitrogens with zero attached hydrogens (tertiary/aromatic N) is 1. The van der Waals surface area contributed by atoms with E-state index in [0.717, 1.165) is 0 Å². The lowest BCUT2D eigenvalue weighted by Crippen LogP contribution is -2.41. The highest BCUT2D eigenvalue weighted by Gasteiger charge is 2.52. The van der Waals surface area contributed by atoms with Crippen molar-refractivity contribution in [3.8, 4) is 0 Å². The van der Waals surface area contributed by atoms with Crippen molar-refractivity contribution in [1.82, 2.24) is 4.98 Å². The first-order valence-electron chi connectivity index (χ1n) is 5.85. The third kappa shape index (κ3) is 2.02. The van der Waals surface area contributed by atoms with Crippen molar-refractivity contribution in [3.63, 3.8) is 0 Å². The third-order valence-electron chi connectivity index (χ3n) is 3.58. The van der Waals surface area contributed by atoms with E-state index in [2.05, 4.69) is 4.98 Å². The number of pyridine rings is 1. The van der Waals surface area contributed by atoms with Gasteiger partial charge in [-0.2, -0.15) is 0 Å². The number of rotatable bonds is 2. The van der Waals surface area contributed by atoms with Crippen LogP contribution in [0.25, 0.3) is 0 Å². The molecule has 2 N–H and O–H groups in total. The zero-order chi connectivity index (χ0) is 13.6. The van der Waals surface area contributed by atoms with Gasteiger partial charge in [0.2, 0.25) is 0 Å². The number of primary amides is 1. The smallest absolute Gasteiger partial charge is 0.399 e. The molecular formula is C12H17BN2O3. The number of aromatic nitrogens is 1. The first-order chi connectivity index (χ1) is 8.24. The maximum absolute atomic E-state index is 11.3. The van der Waals surface area contributed by atoms with Crippen LogP contribution in [0.15, 0.2) is 18.3 Å². The van der Waals surface area contributed by atoms with Gasteiger partial charge in [0.15, 0.2) is 0 Å². The Labute approximate surface area is 107 Å². The van der Waals surface area contributed by atoms with Crippen LogP contribution in [-0.4, -0.2) is 29.2 Å². The second-order valence-electron chi connectivity index (χ2n) is 5.39. The van der Waals surface area contributed by atoms with Gasteiger partial charge in [0.05, 0.1) is 11.2 Å². The fraction of sp³-hybridized carbons (Fsp3) is 0.500. The molecule has 0 bridgehead atoms. The highest BCUT2D eigenvalue weighted by Crippen LogP contribution is 2.36. The Kier molecular flexibility index (Phi) is 2.95. The van der Waals surface area contributed by atoms with Gasteiger partial charge >= 0.3 is 7.12 Å². The molecule has 2 rings (SSSR count). The maximum atomic E-state index is 11.3. The Morgan fingerprint density at radius 3 is 2.33 bits per heavy atom. The SMILES string of the molecule is CC1(C)OB(c2cccnc2C(N)=O)OC1(C)C. The molecule has 5 nitrogen and oxygen atoms in total. The van der Waals surface area contributed by atoms with Crippen molar-refractivity contribution in [2.45, 2.75) is 38.9 Å². The van der Waals surface area contributed by atoms with Crippen LogP contribution in [-0.2, 0) is 9.31 Å². The van der Waals surface area contributed by atoms with Gasteiger partial charge in [-0.1, -0.05) is 6.07 Å². The van der Waals surface area contributed by atoms with Crippen molar-refractivity contribution < 1.29 is 14.1 Å². The maximum Gasteiger partial charge on any atom is 0.497 e. The minimum atomic E-state index is -0.619. The monoisotopic (exact) mass is 248 g/mol. The summed E-state index contributed by atoms with van der Waals surface area (Å²) in [7, 11) is -0.619. The zero-order valence-corrected chi connectivity index (χ0v) is 11.1. The van der Waals surface area contributed by atoms with E-state index in [9.17, 15) is 4.79 Å². The Bertz CT molecular complexity index is 472. The standard InChI is InChI=1S/C12H17BN2O3/c1-11(2)12(3,4)18-13(17-11)8-6-5-7-15-9(8)10(14)16/h5-7H,1-4H3,(H2,14,16). The summed E-state index contributed by atoms with van der Waals surface area (Å²) >= 11 is 0. The van der Waals surface area contributed by atoms with Crippen molar-refractivity contribution >= 4 is 18.5 Å². The van der Waals surface area contributed by atoms with E-state index in [1.54, 1.807) is 12.1 Å². The number of hydrogen-bond acceptors (Lipinski definition) is 4. The van der Waals surface area contributed by atoms with E-state index in [1.807, 2.05) is 27.7 Å². The fourth-order valence-electron chi connectivity index (χ4n) is 1.78. The van der Waals surface area contributed by atoms with E-state index in [1.165, 1.54) is 6.20 Å². The van der Waals surface area contributed by atoms with Gasteiger partial charge in [0, 0.05) is 11.7 Å². The van der Waals surface area contributed by atoms with Crippen LogP contribution in [0.4, 0.5) is 0 Å². The fourth-order valence-corrected chi connectivity index (χ4v) is 1.78. The predicted octanol–water partition coefficient (Wildman–Crippen LogP) is 0.480. The van der Waals surface area contributed by atoms with E-state index in [-0.39, 0.29) is 5.69 Å². The normalized spacial score (nSPS) is 21.0. The molecule has 0 aromatic carbocycles. The highest BCUT2D eigenvalue weighted by molar-refractivity contribution is 6.63. The second-order valence-corrected chi connectivity index (χ2v) is 5.39. The average molecular weight is 248 g/mol. The van der Waals surface area contributed by atoms with E-state index < -0.39 is 24.2 Å². The van der Waals surface area contributed by atoms with Crippen LogP contribution >= 0.6 is 0 Å². The Morgan fingerprint density at radius 1 is 1.28 bits per heavy atom. The Morgan fingerprint density at radius 2 is 1.83 bits per heavy atom. The molecule has 0 saturated carbocycles. The van der Waals surface area contributed by atoms with Crippen molar-refractivity contribution in [3.05, 3.63) is 24.0 Å². The summed E-state index contributed by atoms with van der Waals surface area (Å²) in [5, 5.41) is 0. The molecule has 1 aromatic heterocycles. The molecule has 0 radical (unpaired) electrons. The van der Waals surface area contributed by atoms with Crippen LogP contribution in [0.5, 0.6) is 0 Å². The average Bonchev–Trinajstić information content (AvgIpc) is 2.48. The van der Waals surface area contributed by atoms with Crippen molar-refractivity contribution in [1.29, 1.82) is 0 Å². The van der Waals surface area contributed by atoms with Crippen molar-refractivity contribution in [2.24, 2.45) is 5.73 Å². The number of hydrogen-bond donors (Lipinski definition) is 1. The molecule has 96 valence electrons. The van der Waals surface area contributed by atoms with E-state index >= 15 is 0 Å². The molecule has 1 aliphatic heterocycles. The summed E-state index contributed by atoms with van der Waals surface area (Å²) in [5.74, 6) is -0.583. The number of carbonyl (C=O) groups is 1. The minimum Gasteiger partial charge on any atom is -0.399 e. The third-order valence-corrected chi connectivity index (χ3v) is 3.58. The molecule has 0 aliphatic carbocycles. The van der Waals surface area contributed by atoms with Gasteiger partial charge in [0.25, 0.3) is 5.91 Å². The summed E-state index contributed by atoms with van der Waals surface area (Å²) in [6, 6.07) is 3.47. The molecule has 0 spiro atoms. The van der Waals surface area contributed by atoms with Gasteiger partial charge in [-0.05, 0) is 33.8 Å². The molecule has 0 atom stereocenters. The number of amides is 1. The Balaban J connectivity index is 2.38. The first kappa shape index (κ1) is 13.0.